The van der Waals surface area contributed by atoms with Crippen molar-refractivity contribution in [3.8, 4) is 0 Å². The number of rotatable bonds is 11. The summed E-state index contributed by atoms with van der Waals surface area (Å²) in [7, 11) is -3.11. The highest BCUT2D eigenvalue weighted by Gasteiger charge is 2.04. The normalized spacial score (nSPS) is 12.4. The van der Waals surface area contributed by atoms with E-state index in [9.17, 15) is 8.42 Å². The number of aromatic nitrogens is 2. The lowest BCUT2D eigenvalue weighted by Gasteiger charge is -2.11. The highest BCUT2D eigenvalue weighted by atomic mass is 32.2. The van der Waals surface area contributed by atoms with E-state index in [1.165, 1.54) is 5.69 Å². The minimum Gasteiger partial charge on any atom is -0.357 e. The van der Waals surface area contributed by atoms with Crippen molar-refractivity contribution in [1.82, 2.24) is 25.1 Å². The van der Waals surface area contributed by atoms with Crippen molar-refractivity contribution in [3.05, 3.63) is 17.5 Å². The minimum absolute atomic E-state index is 0.111. The van der Waals surface area contributed by atoms with E-state index in [1.807, 2.05) is 18.5 Å². The average molecular weight is 373 g/mol. The number of aliphatic imine (C=N–C) groups is 1. The summed E-state index contributed by atoms with van der Waals surface area (Å²) in [5, 5.41) is 10.9. The molecule has 9 heteroatoms. The number of aryl methyl sites for hydroxylation is 3. The molecule has 144 valence electrons. The van der Waals surface area contributed by atoms with Crippen LogP contribution in [-0.2, 0) is 16.6 Å². The number of nitrogens with zero attached hydrogens (tertiary/aromatic N) is 3. The molecule has 0 amide bonds. The second-order valence-electron chi connectivity index (χ2n) is 5.84. The van der Waals surface area contributed by atoms with E-state index in [-0.39, 0.29) is 5.75 Å². The van der Waals surface area contributed by atoms with Gasteiger partial charge in [-0.3, -0.25) is 9.67 Å². The smallest absolute Gasteiger partial charge is 0.211 e. The van der Waals surface area contributed by atoms with Gasteiger partial charge in [-0.25, -0.2) is 13.1 Å². The summed E-state index contributed by atoms with van der Waals surface area (Å²) in [6.07, 6.45) is 1.62. The minimum atomic E-state index is -3.11. The zero-order valence-corrected chi connectivity index (χ0v) is 16.6. The van der Waals surface area contributed by atoms with Crippen LogP contribution < -0.4 is 15.4 Å². The van der Waals surface area contributed by atoms with Crippen LogP contribution in [0.15, 0.2) is 11.1 Å². The summed E-state index contributed by atoms with van der Waals surface area (Å²) in [5.41, 5.74) is 2.20. The molecule has 1 aromatic rings. The zero-order valence-electron chi connectivity index (χ0n) is 15.8. The van der Waals surface area contributed by atoms with Crippen LogP contribution in [-0.4, -0.2) is 56.1 Å². The Morgan fingerprint density at radius 3 is 2.56 bits per heavy atom. The van der Waals surface area contributed by atoms with Crippen molar-refractivity contribution >= 4 is 16.0 Å². The van der Waals surface area contributed by atoms with Crippen LogP contribution in [0.2, 0.25) is 0 Å². The van der Waals surface area contributed by atoms with E-state index in [0.29, 0.717) is 26.1 Å². The van der Waals surface area contributed by atoms with Gasteiger partial charge < -0.3 is 10.6 Å². The van der Waals surface area contributed by atoms with Crippen LogP contribution in [0.25, 0.3) is 0 Å². The molecule has 0 saturated heterocycles. The Labute approximate surface area is 151 Å². The quantitative estimate of drug-likeness (QED) is 0.303. The van der Waals surface area contributed by atoms with Crippen LogP contribution in [0.1, 0.15) is 38.1 Å². The maximum Gasteiger partial charge on any atom is 0.211 e. The number of sulfonamides is 1. The molecule has 0 unspecified atom stereocenters. The standard InChI is InChI=1S/C16H32N6O2S/c1-5-17-16(18-9-7-11-20-25(23,24)6-2)19-10-8-12-22-15(4)13-14(3)21-22/h13,20H,5-12H2,1-4H3,(H2,17,18,19). The van der Waals surface area contributed by atoms with Crippen LogP contribution >= 0.6 is 0 Å². The first-order valence-electron chi connectivity index (χ1n) is 8.88. The summed E-state index contributed by atoms with van der Waals surface area (Å²) in [4.78, 5) is 4.54. The largest absolute Gasteiger partial charge is 0.357 e. The van der Waals surface area contributed by atoms with Gasteiger partial charge in [-0.15, -0.1) is 0 Å². The fourth-order valence-electron chi connectivity index (χ4n) is 2.28. The van der Waals surface area contributed by atoms with Crippen molar-refractivity contribution < 1.29 is 8.42 Å². The maximum atomic E-state index is 11.3. The monoisotopic (exact) mass is 372 g/mol. The summed E-state index contributed by atoms with van der Waals surface area (Å²) in [6.45, 7) is 11.1. The summed E-state index contributed by atoms with van der Waals surface area (Å²) >= 11 is 0. The Morgan fingerprint density at radius 2 is 1.96 bits per heavy atom. The van der Waals surface area contributed by atoms with E-state index < -0.39 is 10.0 Å². The molecular weight excluding hydrogens is 340 g/mol. The van der Waals surface area contributed by atoms with Gasteiger partial charge in [0.25, 0.3) is 0 Å². The van der Waals surface area contributed by atoms with E-state index in [2.05, 4.69) is 38.4 Å². The molecule has 1 rings (SSSR count). The Kier molecular flexibility index (Phi) is 9.51. The second kappa shape index (κ2) is 11.1. The van der Waals surface area contributed by atoms with Gasteiger partial charge in [-0.1, -0.05) is 0 Å². The fraction of sp³-hybridized carbons (Fsp3) is 0.750. The zero-order chi connectivity index (χ0) is 18.7. The lowest BCUT2D eigenvalue weighted by molar-refractivity contribution is 0.566. The fourth-order valence-corrected chi connectivity index (χ4v) is 2.94. The molecule has 1 aromatic heterocycles. The third kappa shape index (κ3) is 8.87. The van der Waals surface area contributed by atoms with Crippen LogP contribution in [0.5, 0.6) is 0 Å². The van der Waals surface area contributed by atoms with Crippen molar-refractivity contribution in [3.63, 3.8) is 0 Å². The molecule has 0 saturated carbocycles. The molecule has 3 N–H and O–H groups in total. The summed E-state index contributed by atoms with van der Waals surface area (Å²) < 4.78 is 27.2. The third-order valence-electron chi connectivity index (χ3n) is 3.59. The Balaban J connectivity index is 2.30. The Morgan fingerprint density at radius 1 is 1.20 bits per heavy atom. The first-order valence-corrected chi connectivity index (χ1v) is 10.5. The van der Waals surface area contributed by atoms with E-state index in [4.69, 9.17) is 0 Å². The van der Waals surface area contributed by atoms with Gasteiger partial charge in [0.05, 0.1) is 11.4 Å². The molecular formula is C16H32N6O2S. The molecule has 25 heavy (non-hydrogen) atoms. The van der Waals surface area contributed by atoms with Gasteiger partial charge in [0.2, 0.25) is 10.0 Å². The first-order chi connectivity index (χ1) is 11.9. The van der Waals surface area contributed by atoms with Crippen LogP contribution in [0.3, 0.4) is 0 Å². The van der Waals surface area contributed by atoms with Gasteiger partial charge in [0.15, 0.2) is 5.96 Å². The Bertz CT molecular complexity index is 639. The molecule has 0 fully saturated rings. The van der Waals surface area contributed by atoms with Gasteiger partial charge in [-0.2, -0.15) is 5.10 Å². The van der Waals surface area contributed by atoms with Gasteiger partial charge in [-0.05, 0) is 46.6 Å². The number of guanidine groups is 1. The van der Waals surface area contributed by atoms with Crippen LogP contribution in [0, 0.1) is 13.8 Å². The number of nitrogens with one attached hydrogen (secondary N) is 3. The van der Waals surface area contributed by atoms with Gasteiger partial charge in [0.1, 0.15) is 0 Å². The maximum absolute atomic E-state index is 11.3. The summed E-state index contributed by atoms with van der Waals surface area (Å²) in [5.74, 6) is 0.869. The van der Waals surface area contributed by atoms with E-state index >= 15 is 0 Å². The first kappa shape index (κ1) is 21.4. The molecule has 0 aliphatic heterocycles. The predicted molar refractivity (Wildman–Crippen MR) is 102 cm³/mol. The van der Waals surface area contributed by atoms with Gasteiger partial charge >= 0.3 is 0 Å². The van der Waals surface area contributed by atoms with Crippen molar-refractivity contribution in [1.29, 1.82) is 0 Å². The van der Waals surface area contributed by atoms with E-state index in [1.54, 1.807) is 6.92 Å². The summed E-state index contributed by atoms with van der Waals surface area (Å²) in [6, 6.07) is 2.07. The van der Waals surface area contributed by atoms with Crippen molar-refractivity contribution in [2.45, 2.75) is 47.1 Å². The molecule has 0 atom stereocenters. The molecule has 0 aliphatic rings. The van der Waals surface area contributed by atoms with Crippen molar-refractivity contribution in [2.24, 2.45) is 4.99 Å². The van der Waals surface area contributed by atoms with Gasteiger partial charge in [0, 0.05) is 38.4 Å². The van der Waals surface area contributed by atoms with Crippen LogP contribution in [0.4, 0.5) is 0 Å². The predicted octanol–water partition coefficient (Wildman–Crippen LogP) is 0.775. The lowest BCUT2D eigenvalue weighted by Crippen LogP contribution is -2.39. The lowest BCUT2D eigenvalue weighted by atomic mass is 10.4. The number of hydrogen-bond donors (Lipinski definition) is 3. The molecule has 0 aliphatic carbocycles. The molecule has 0 bridgehead atoms. The topological polar surface area (TPSA) is 100 Å². The SMILES string of the molecule is CCNC(=NCCCn1nc(C)cc1C)NCCCNS(=O)(=O)CC. The molecule has 0 aromatic carbocycles. The van der Waals surface area contributed by atoms with E-state index in [0.717, 1.165) is 31.2 Å². The molecule has 0 spiro atoms. The molecule has 8 nitrogen and oxygen atoms in total. The number of hydrogen-bond acceptors (Lipinski definition) is 4. The highest BCUT2D eigenvalue weighted by Crippen LogP contribution is 2.02. The second-order valence-corrected chi connectivity index (χ2v) is 7.94. The molecule has 1 heterocycles. The van der Waals surface area contributed by atoms with Crippen molar-refractivity contribution in [2.75, 3.05) is 31.9 Å². The average Bonchev–Trinajstić information content (AvgIpc) is 2.88. The Hall–Kier alpha value is -1.61. The third-order valence-corrected chi connectivity index (χ3v) is 5.00. The highest BCUT2D eigenvalue weighted by molar-refractivity contribution is 7.89. The molecule has 0 radical (unpaired) electrons.